The summed E-state index contributed by atoms with van der Waals surface area (Å²) in [5.41, 5.74) is 6.59. The van der Waals surface area contributed by atoms with Crippen molar-refractivity contribution in [2.75, 3.05) is 13.2 Å². The Bertz CT molecular complexity index is 313. The van der Waals surface area contributed by atoms with Crippen LogP contribution in [0.5, 0.6) is 0 Å². The van der Waals surface area contributed by atoms with Crippen molar-refractivity contribution >= 4 is 12.3 Å². The zero-order chi connectivity index (χ0) is 15.5. The fraction of sp³-hybridized carbons (Fsp3) is 0.750. The summed E-state index contributed by atoms with van der Waals surface area (Å²) in [6.45, 7) is 11.0. The van der Waals surface area contributed by atoms with Crippen LogP contribution in [-0.4, -0.2) is 25.4 Å². The topological polar surface area (TPSA) is 69.4 Å². The Balaban J connectivity index is 4.57. The lowest BCUT2D eigenvalue weighted by molar-refractivity contribution is -0.145. The quantitative estimate of drug-likeness (QED) is 0.359. The number of hydrogen-bond donors (Lipinski definition) is 1. The molecule has 2 atom stereocenters. The lowest BCUT2D eigenvalue weighted by Gasteiger charge is -2.24. The Kier molecular flexibility index (Phi) is 9.99. The van der Waals surface area contributed by atoms with Gasteiger partial charge in [0.2, 0.25) is 0 Å². The summed E-state index contributed by atoms with van der Waals surface area (Å²) in [7, 11) is 0. The molecule has 20 heavy (non-hydrogen) atoms. The van der Waals surface area contributed by atoms with E-state index >= 15 is 0 Å². The van der Waals surface area contributed by atoms with E-state index in [1.807, 2.05) is 13.8 Å². The van der Waals surface area contributed by atoms with Gasteiger partial charge in [-0.3, -0.25) is 4.79 Å². The minimum absolute atomic E-state index is 0.0399. The third kappa shape index (κ3) is 7.43. The highest BCUT2D eigenvalue weighted by molar-refractivity contribution is 5.70. The van der Waals surface area contributed by atoms with Gasteiger partial charge in [-0.05, 0) is 30.7 Å². The van der Waals surface area contributed by atoms with Crippen LogP contribution in [0.2, 0.25) is 0 Å². The molecule has 0 saturated heterocycles. The van der Waals surface area contributed by atoms with Crippen molar-refractivity contribution in [2.45, 2.75) is 46.5 Å². The zero-order valence-electron chi connectivity index (χ0n) is 13.1. The standard InChI is InChI=1S/C16H29NO3/c1-5-6-14(9-16(19)20-11-12(2)3)13(4)15(10-17)7-8-18/h8,12,14-15H,4-7,9-11,17H2,1-3H3. The number of carbonyl (C=O) groups is 2. The lowest BCUT2D eigenvalue weighted by Crippen LogP contribution is -2.24. The number of nitrogens with two attached hydrogens (primary N) is 1. The zero-order valence-corrected chi connectivity index (χ0v) is 13.1. The van der Waals surface area contributed by atoms with Gasteiger partial charge in [0.25, 0.3) is 0 Å². The molecule has 4 heteroatoms. The molecule has 2 N–H and O–H groups in total. The van der Waals surface area contributed by atoms with E-state index in [9.17, 15) is 9.59 Å². The summed E-state index contributed by atoms with van der Waals surface area (Å²) in [5.74, 6) is 0.147. The molecule has 0 aliphatic heterocycles. The van der Waals surface area contributed by atoms with Gasteiger partial charge in [-0.2, -0.15) is 0 Å². The second-order valence-electron chi connectivity index (χ2n) is 5.68. The molecule has 0 aliphatic carbocycles. The van der Waals surface area contributed by atoms with E-state index in [2.05, 4.69) is 13.5 Å². The van der Waals surface area contributed by atoms with Crippen molar-refractivity contribution in [2.24, 2.45) is 23.5 Å². The minimum atomic E-state index is -0.194. The smallest absolute Gasteiger partial charge is 0.306 e. The summed E-state index contributed by atoms with van der Waals surface area (Å²) in [5, 5.41) is 0. The Morgan fingerprint density at radius 1 is 1.35 bits per heavy atom. The van der Waals surface area contributed by atoms with E-state index in [-0.39, 0.29) is 17.8 Å². The maximum atomic E-state index is 11.8. The minimum Gasteiger partial charge on any atom is -0.465 e. The molecule has 0 radical (unpaired) electrons. The number of rotatable bonds is 11. The first kappa shape index (κ1) is 18.8. The predicted octanol–water partition coefficient (Wildman–Crippen LogP) is 2.71. The third-order valence-corrected chi connectivity index (χ3v) is 3.34. The van der Waals surface area contributed by atoms with Crippen molar-refractivity contribution in [3.8, 4) is 0 Å². The van der Waals surface area contributed by atoms with Crippen molar-refractivity contribution < 1.29 is 14.3 Å². The van der Waals surface area contributed by atoms with Gasteiger partial charge in [0, 0.05) is 6.42 Å². The van der Waals surface area contributed by atoms with Crippen LogP contribution in [0.3, 0.4) is 0 Å². The summed E-state index contributed by atoms with van der Waals surface area (Å²) in [6.07, 6.45) is 3.39. The predicted molar refractivity (Wildman–Crippen MR) is 81.2 cm³/mol. The monoisotopic (exact) mass is 283 g/mol. The van der Waals surface area contributed by atoms with Crippen molar-refractivity contribution in [1.29, 1.82) is 0 Å². The summed E-state index contributed by atoms with van der Waals surface area (Å²) < 4.78 is 5.22. The van der Waals surface area contributed by atoms with E-state index in [0.717, 1.165) is 24.7 Å². The van der Waals surface area contributed by atoms with E-state index in [1.54, 1.807) is 0 Å². The first-order valence-corrected chi connectivity index (χ1v) is 7.44. The van der Waals surface area contributed by atoms with Crippen molar-refractivity contribution in [3.05, 3.63) is 12.2 Å². The van der Waals surface area contributed by atoms with Gasteiger partial charge in [-0.15, -0.1) is 0 Å². The molecule has 0 spiro atoms. The molecule has 0 heterocycles. The summed E-state index contributed by atoms with van der Waals surface area (Å²) in [4.78, 5) is 22.5. The highest BCUT2D eigenvalue weighted by Crippen LogP contribution is 2.27. The summed E-state index contributed by atoms with van der Waals surface area (Å²) in [6, 6.07) is 0. The van der Waals surface area contributed by atoms with Gasteiger partial charge in [0.1, 0.15) is 6.29 Å². The van der Waals surface area contributed by atoms with Crippen LogP contribution in [-0.2, 0) is 14.3 Å². The van der Waals surface area contributed by atoms with Gasteiger partial charge in [0.15, 0.2) is 0 Å². The second-order valence-corrected chi connectivity index (χ2v) is 5.68. The number of carbonyl (C=O) groups excluding carboxylic acids is 2. The number of ether oxygens (including phenoxy) is 1. The fourth-order valence-corrected chi connectivity index (χ4v) is 2.14. The molecule has 0 fully saturated rings. The van der Waals surface area contributed by atoms with Crippen molar-refractivity contribution in [3.63, 3.8) is 0 Å². The van der Waals surface area contributed by atoms with Crippen LogP contribution in [0.25, 0.3) is 0 Å². The van der Waals surface area contributed by atoms with Crippen LogP contribution in [0.15, 0.2) is 12.2 Å². The SMILES string of the molecule is C=C(C(CN)CC=O)C(CCC)CC(=O)OCC(C)C. The van der Waals surface area contributed by atoms with Crippen LogP contribution in [0.4, 0.5) is 0 Å². The molecule has 0 aromatic carbocycles. The molecule has 0 saturated carbocycles. The Morgan fingerprint density at radius 2 is 2.00 bits per heavy atom. The number of aldehydes is 1. The average molecular weight is 283 g/mol. The van der Waals surface area contributed by atoms with Crippen LogP contribution < -0.4 is 5.73 Å². The highest BCUT2D eigenvalue weighted by Gasteiger charge is 2.22. The van der Waals surface area contributed by atoms with Crippen LogP contribution in [0, 0.1) is 17.8 Å². The van der Waals surface area contributed by atoms with Gasteiger partial charge >= 0.3 is 5.97 Å². The normalized spacial score (nSPS) is 13.8. The van der Waals surface area contributed by atoms with E-state index in [1.165, 1.54) is 0 Å². The van der Waals surface area contributed by atoms with Crippen LogP contribution in [0.1, 0.15) is 46.5 Å². The third-order valence-electron chi connectivity index (χ3n) is 3.34. The molecule has 2 unspecified atom stereocenters. The maximum Gasteiger partial charge on any atom is 0.306 e. The molecule has 0 bridgehead atoms. The van der Waals surface area contributed by atoms with Gasteiger partial charge in [-0.1, -0.05) is 39.3 Å². The molecule has 0 aromatic rings. The van der Waals surface area contributed by atoms with E-state index in [0.29, 0.717) is 31.9 Å². The van der Waals surface area contributed by atoms with E-state index < -0.39 is 0 Å². The van der Waals surface area contributed by atoms with Crippen molar-refractivity contribution in [1.82, 2.24) is 0 Å². The molecule has 4 nitrogen and oxygen atoms in total. The molecule has 116 valence electrons. The first-order chi connectivity index (χ1) is 9.46. The highest BCUT2D eigenvalue weighted by atomic mass is 16.5. The fourth-order valence-electron chi connectivity index (χ4n) is 2.14. The molecule has 0 amide bonds. The Labute approximate surface area is 122 Å². The number of hydrogen-bond acceptors (Lipinski definition) is 4. The molecule has 0 aliphatic rings. The summed E-state index contributed by atoms with van der Waals surface area (Å²) >= 11 is 0. The Hall–Kier alpha value is -1.16. The second kappa shape index (κ2) is 10.6. The first-order valence-electron chi connectivity index (χ1n) is 7.44. The van der Waals surface area contributed by atoms with Crippen LogP contribution >= 0.6 is 0 Å². The molecular weight excluding hydrogens is 254 g/mol. The molecule has 0 rings (SSSR count). The van der Waals surface area contributed by atoms with E-state index in [4.69, 9.17) is 10.5 Å². The van der Waals surface area contributed by atoms with Gasteiger partial charge in [0.05, 0.1) is 13.0 Å². The lowest BCUT2D eigenvalue weighted by atomic mass is 9.83. The Morgan fingerprint density at radius 3 is 2.45 bits per heavy atom. The largest absolute Gasteiger partial charge is 0.465 e. The van der Waals surface area contributed by atoms with Gasteiger partial charge in [-0.25, -0.2) is 0 Å². The maximum absolute atomic E-state index is 11.8. The van der Waals surface area contributed by atoms with Gasteiger partial charge < -0.3 is 15.3 Å². The average Bonchev–Trinajstić information content (AvgIpc) is 2.41. The molecule has 0 aromatic heterocycles. The number of esters is 1. The molecular formula is C16H29NO3.